The van der Waals surface area contributed by atoms with Crippen LogP contribution in [0, 0.1) is 0 Å². The number of nitrogens with zero attached hydrogens (tertiary/aromatic N) is 3. The number of ether oxygens (including phenoxy) is 4. The minimum Gasteiger partial charge on any atom is -0.497 e. The van der Waals surface area contributed by atoms with Gasteiger partial charge in [0.2, 0.25) is 5.95 Å². The summed E-state index contributed by atoms with van der Waals surface area (Å²) in [6.07, 6.45) is 0.627. The van der Waals surface area contributed by atoms with Gasteiger partial charge in [-0.3, -0.25) is 14.3 Å². The topological polar surface area (TPSA) is 133 Å². The quantitative estimate of drug-likeness (QED) is 0.189. The Morgan fingerprint density at radius 1 is 0.957 bits per heavy atom. The summed E-state index contributed by atoms with van der Waals surface area (Å²) in [7, 11) is 1.63. The van der Waals surface area contributed by atoms with Gasteiger partial charge < -0.3 is 29.4 Å². The number of hydrogen-bond donors (Lipinski definition) is 3. The average Bonchev–Trinajstić information content (AvgIpc) is 3.70. The van der Waals surface area contributed by atoms with Gasteiger partial charge in [0, 0.05) is 0 Å². The molecule has 5 aromatic rings. The summed E-state index contributed by atoms with van der Waals surface area (Å²) in [4.78, 5) is 26.1. The van der Waals surface area contributed by atoms with Crippen LogP contribution >= 0.6 is 0 Å². The highest BCUT2D eigenvalue weighted by atomic mass is 16.8. The Morgan fingerprint density at radius 2 is 1.57 bits per heavy atom. The minimum absolute atomic E-state index is 0.143. The number of aromatic amines is 1. The molecule has 0 amide bonds. The first-order chi connectivity index (χ1) is 22.6. The van der Waals surface area contributed by atoms with Gasteiger partial charge in [-0.1, -0.05) is 79.7 Å². The predicted octanol–water partition coefficient (Wildman–Crippen LogP) is 5.11. The van der Waals surface area contributed by atoms with Crippen LogP contribution in [-0.4, -0.2) is 61.4 Å². The van der Waals surface area contributed by atoms with E-state index in [2.05, 4.69) is 15.3 Å². The number of methoxy groups -OCH3 is 1. The Labute approximate surface area is 272 Å². The summed E-state index contributed by atoms with van der Waals surface area (Å²) in [5.74, 6) is 0.0191. The highest BCUT2D eigenvalue weighted by molar-refractivity contribution is 5.72. The average molecular weight is 638 g/mol. The second-order valence-electron chi connectivity index (χ2n) is 12.8. The molecule has 2 aromatic heterocycles. The van der Waals surface area contributed by atoms with Crippen LogP contribution in [0.25, 0.3) is 11.2 Å². The number of imidazole rings is 1. The monoisotopic (exact) mass is 637 g/mol. The first kappa shape index (κ1) is 31.1. The summed E-state index contributed by atoms with van der Waals surface area (Å²) in [6.45, 7) is 7.26. The van der Waals surface area contributed by atoms with Crippen molar-refractivity contribution in [2.24, 2.45) is 0 Å². The molecule has 2 saturated heterocycles. The normalized spacial score (nSPS) is 25.1. The van der Waals surface area contributed by atoms with Crippen molar-refractivity contribution in [1.29, 1.82) is 0 Å². The first-order valence-corrected chi connectivity index (χ1v) is 15.8. The zero-order valence-corrected chi connectivity index (χ0v) is 27.1. The molecule has 0 spiro atoms. The summed E-state index contributed by atoms with van der Waals surface area (Å²) in [5, 5.41) is 14.2. The predicted molar refractivity (Wildman–Crippen MR) is 176 cm³/mol. The van der Waals surface area contributed by atoms with Gasteiger partial charge in [-0.05, 0) is 56.0 Å². The maximum absolute atomic E-state index is 13.7. The largest absolute Gasteiger partial charge is 0.497 e. The molecule has 7 rings (SSSR count). The third-order valence-electron chi connectivity index (χ3n) is 9.50. The number of anilines is 1. The van der Waals surface area contributed by atoms with E-state index in [4.69, 9.17) is 23.9 Å². The van der Waals surface area contributed by atoms with Crippen LogP contribution < -0.4 is 15.6 Å². The zero-order valence-electron chi connectivity index (χ0n) is 27.1. The van der Waals surface area contributed by atoms with E-state index < -0.39 is 40.4 Å². The summed E-state index contributed by atoms with van der Waals surface area (Å²) in [6, 6.07) is 27.8. The first-order valence-electron chi connectivity index (χ1n) is 15.8. The number of fused-ring (bicyclic) bond motifs is 2. The van der Waals surface area contributed by atoms with E-state index in [1.54, 1.807) is 11.7 Å². The van der Waals surface area contributed by atoms with Gasteiger partial charge >= 0.3 is 0 Å². The fourth-order valence-corrected chi connectivity index (χ4v) is 7.32. The maximum atomic E-state index is 13.7. The van der Waals surface area contributed by atoms with Gasteiger partial charge in [0.25, 0.3) is 5.56 Å². The number of nitrogens with one attached hydrogen (secondary N) is 2. The smallest absolute Gasteiger partial charge is 0.280 e. The van der Waals surface area contributed by atoms with Crippen molar-refractivity contribution in [3.8, 4) is 5.75 Å². The Kier molecular flexibility index (Phi) is 7.47. The van der Waals surface area contributed by atoms with E-state index >= 15 is 0 Å². The molecular weight excluding hydrogens is 598 g/mol. The van der Waals surface area contributed by atoms with E-state index in [1.807, 2.05) is 113 Å². The highest BCUT2D eigenvalue weighted by Crippen LogP contribution is 2.56. The molecule has 2 fully saturated rings. The lowest BCUT2D eigenvalue weighted by molar-refractivity contribution is -0.239. The molecule has 2 aliphatic heterocycles. The van der Waals surface area contributed by atoms with E-state index in [1.165, 1.54) is 6.33 Å². The molecule has 4 heterocycles. The molecule has 11 heteroatoms. The maximum Gasteiger partial charge on any atom is 0.280 e. The second-order valence-corrected chi connectivity index (χ2v) is 12.8. The van der Waals surface area contributed by atoms with Gasteiger partial charge in [0.15, 0.2) is 23.2 Å². The van der Waals surface area contributed by atoms with E-state index in [0.717, 1.165) is 22.4 Å². The molecule has 244 valence electrons. The standard InChI is InChI=1S/C36H39N5O6/c1-6-35(21-42)30-34(4,47-33(2,3)45-30)31(46-35)41-22-37-27-28(41)38-32(39-29(27)43)40-36(23-13-9-7-10-14-23,24-15-11-8-12-16-24)25-17-19-26(44-5)20-18-25/h7-20,22,30-31,42H,6,21H2,1-5H3,(H2,38,39,40,43)/t30-,31+,34+,35-/m0/s1. The molecule has 3 N–H and O–H groups in total. The number of aliphatic hydroxyl groups excluding tert-OH is 1. The number of benzene rings is 3. The van der Waals surface area contributed by atoms with Crippen molar-refractivity contribution in [3.05, 3.63) is 118 Å². The lowest BCUT2D eigenvalue weighted by Gasteiger charge is -2.37. The van der Waals surface area contributed by atoms with Crippen LogP contribution in [-0.2, 0) is 19.7 Å². The van der Waals surface area contributed by atoms with Gasteiger partial charge in [0.1, 0.15) is 28.6 Å². The number of hydrogen-bond acceptors (Lipinski definition) is 9. The molecule has 0 radical (unpaired) electrons. The Morgan fingerprint density at radius 3 is 2.15 bits per heavy atom. The number of aromatic nitrogens is 4. The van der Waals surface area contributed by atoms with Crippen LogP contribution in [0.1, 0.15) is 57.0 Å². The molecule has 47 heavy (non-hydrogen) atoms. The lowest BCUT2D eigenvalue weighted by atomic mass is 9.77. The van der Waals surface area contributed by atoms with Crippen LogP contribution in [0.15, 0.2) is 96.1 Å². The summed E-state index contributed by atoms with van der Waals surface area (Å²) in [5.41, 5.74) is -0.262. The molecule has 3 aromatic carbocycles. The molecule has 0 saturated carbocycles. The molecule has 4 atom stereocenters. The molecule has 0 bridgehead atoms. The van der Waals surface area contributed by atoms with Gasteiger partial charge in [0.05, 0.1) is 20.0 Å². The summed E-state index contributed by atoms with van der Waals surface area (Å²) >= 11 is 0. The lowest BCUT2D eigenvalue weighted by Crippen LogP contribution is -2.49. The van der Waals surface area contributed by atoms with Gasteiger partial charge in [-0.15, -0.1) is 0 Å². The van der Waals surface area contributed by atoms with Gasteiger partial charge in [-0.25, -0.2) is 4.98 Å². The van der Waals surface area contributed by atoms with Crippen LogP contribution in [0.4, 0.5) is 5.95 Å². The van der Waals surface area contributed by atoms with Crippen molar-refractivity contribution in [2.75, 3.05) is 19.0 Å². The van der Waals surface area contributed by atoms with E-state index in [0.29, 0.717) is 12.1 Å². The van der Waals surface area contributed by atoms with Crippen LogP contribution in [0.2, 0.25) is 0 Å². The number of H-pyrrole nitrogens is 1. The fourth-order valence-electron chi connectivity index (χ4n) is 7.32. The molecule has 0 aliphatic carbocycles. The third-order valence-corrected chi connectivity index (χ3v) is 9.50. The third kappa shape index (κ3) is 4.84. The minimum atomic E-state index is -1.03. The van der Waals surface area contributed by atoms with Crippen LogP contribution in [0.3, 0.4) is 0 Å². The Bertz CT molecular complexity index is 1900. The Hall–Kier alpha value is -4.55. The van der Waals surface area contributed by atoms with Crippen molar-refractivity contribution >= 4 is 17.1 Å². The van der Waals surface area contributed by atoms with Crippen molar-refractivity contribution in [2.45, 2.75) is 69.0 Å². The SMILES string of the molecule is CC[C@@]1(CO)O[C@@H](n2cnc3c(=O)[nH]c(NC(c4ccccc4)(c4ccccc4)c4ccc(OC)cc4)nc32)[C@]2(C)OC(C)(C)O[C@H]12. The van der Waals surface area contributed by atoms with Crippen molar-refractivity contribution < 1.29 is 24.1 Å². The number of aliphatic hydroxyl groups is 1. The zero-order chi connectivity index (χ0) is 33.0. The van der Waals surface area contributed by atoms with Crippen LogP contribution in [0.5, 0.6) is 5.75 Å². The summed E-state index contributed by atoms with van der Waals surface area (Å²) < 4.78 is 26.6. The molecular formula is C36H39N5O6. The fraction of sp³-hybridized carbons (Fsp3) is 0.361. The molecule has 2 aliphatic rings. The number of rotatable bonds is 9. The van der Waals surface area contributed by atoms with Gasteiger partial charge in [-0.2, -0.15) is 4.98 Å². The van der Waals surface area contributed by atoms with E-state index in [9.17, 15) is 9.90 Å². The second kappa shape index (κ2) is 11.3. The molecule has 11 nitrogen and oxygen atoms in total. The van der Waals surface area contributed by atoms with Crippen molar-refractivity contribution in [1.82, 2.24) is 19.5 Å². The Balaban J connectivity index is 1.41. The molecule has 0 unspecified atom stereocenters. The van der Waals surface area contributed by atoms with Crippen molar-refractivity contribution in [3.63, 3.8) is 0 Å². The van der Waals surface area contributed by atoms with E-state index in [-0.39, 0.29) is 18.1 Å². The highest BCUT2D eigenvalue weighted by Gasteiger charge is 2.69.